The van der Waals surface area contributed by atoms with Crippen molar-refractivity contribution in [2.24, 2.45) is 5.16 Å². The molecule has 0 saturated carbocycles. The number of aliphatic hydroxyl groups is 1. The van der Waals surface area contributed by atoms with Crippen molar-refractivity contribution in [2.75, 3.05) is 19.7 Å². The van der Waals surface area contributed by atoms with Crippen LogP contribution in [-0.4, -0.2) is 47.6 Å². The van der Waals surface area contributed by atoms with Gasteiger partial charge in [-0.05, 0) is 41.8 Å². The van der Waals surface area contributed by atoms with Crippen molar-refractivity contribution in [3.8, 4) is 5.75 Å². The van der Waals surface area contributed by atoms with Crippen LogP contribution in [0.5, 0.6) is 5.75 Å². The minimum atomic E-state index is -0.633. The molecule has 0 aliphatic carbocycles. The molecule has 0 amide bonds. The summed E-state index contributed by atoms with van der Waals surface area (Å²) in [6.07, 6.45) is -0.00169. The molecule has 0 aromatic heterocycles. The monoisotopic (exact) mass is 464 g/mol. The van der Waals surface area contributed by atoms with Gasteiger partial charge in [-0.15, -0.1) is 0 Å². The van der Waals surface area contributed by atoms with E-state index in [0.717, 1.165) is 22.6 Å². The standard InChI is InChI=1S/C27H29ClN2O3/c1-20-7-5-6-10-27(20)32-19-24(31)17-30(16-21-8-3-2-4-9-21)18-25-15-26(29-33-25)22-11-13-23(28)14-12-22/h2-14,24-25,31H,15-19H2,1H3/t24-,25+/m1/s1. The van der Waals surface area contributed by atoms with E-state index < -0.39 is 6.10 Å². The zero-order chi connectivity index (χ0) is 23.0. The molecule has 0 spiro atoms. The Morgan fingerprint density at radius 2 is 1.79 bits per heavy atom. The smallest absolute Gasteiger partial charge is 0.145 e. The molecule has 1 N–H and O–H groups in total. The van der Waals surface area contributed by atoms with Gasteiger partial charge in [0.15, 0.2) is 0 Å². The Morgan fingerprint density at radius 1 is 1.06 bits per heavy atom. The van der Waals surface area contributed by atoms with Crippen molar-refractivity contribution in [1.29, 1.82) is 0 Å². The van der Waals surface area contributed by atoms with Crippen molar-refractivity contribution < 1.29 is 14.7 Å². The average Bonchev–Trinajstić information content (AvgIpc) is 3.28. The molecule has 0 bridgehead atoms. The Bertz CT molecular complexity index is 1060. The lowest BCUT2D eigenvalue weighted by Gasteiger charge is -2.27. The van der Waals surface area contributed by atoms with E-state index in [4.69, 9.17) is 21.2 Å². The van der Waals surface area contributed by atoms with Crippen molar-refractivity contribution in [3.05, 3.63) is 101 Å². The maximum atomic E-state index is 10.7. The molecule has 1 heterocycles. The number of aryl methyl sites for hydroxylation is 1. The molecule has 0 fully saturated rings. The number of para-hydroxylation sites is 1. The van der Waals surface area contributed by atoms with Crippen LogP contribution in [0.15, 0.2) is 84.0 Å². The van der Waals surface area contributed by atoms with E-state index >= 15 is 0 Å². The molecule has 2 atom stereocenters. The van der Waals surface area contributed by atoms with Crippen LogP contribution in [0.2, 0.25) is 5.02 Å². The van der Waals surface area contributed by atoms with Gasteiger partial charge in [0.25, 0.3) is 0 Å². The third-order valence-electron chi connectivity index (χ3n) is 5.62. The minimum Gasteiger partial charge on any atom is -0.491 e. The predicted octanol–water partition coefficient (Wildman–Crippen LogP) is 5.08. The van der Waals surface area contributed by atoms with Gasteiger partial charge in [-0.2, -0.15) is 0 Å². The number of benzene rings is 3. The van der Waals surface area contributed by atoms with E-state index in [1.165, 1.54) is 5.56 Å². The summed E-state index contributed by atoms with van der Waals surface area (Å²) in [5.74, 6) is 0.797. The summed E-state index contributed by atoms with van der Waals surface area (Å²) in [4.78, 5) is 7.95. The number of rotatable bonds is 10. The molecule has 4 rings (SSSR count). The van der Waals surface area contributed by atoms with Gasteiger partial charge in [0.2, 0.25) is 0 Å². The first-order chi connectivity index (χ1) is 16.1. The van der Waals surface area contributed by atoms with Crippen molar-refractivity contribution in [1.82, 2.24) is 4.90 Å². The van der Waals surface area contributed by atoms with Crippen molar-refractivity contribution >= 4 is 17.3 Å². The Hall–Kier alpha value is -2.86. The lowest BCUT2D eigenvalue weighted by molar-refractivity contribution is 0.0212. The zero-order valence-corrected chi connectivity index (χ0v) is 19.5. The van der Waals surface area contributed by atoms with Gasteiger partial charge >= 0.3 is 0 Å². The first-order valence-electron chi connectivity index (χ1n) is 11.2. The third kappa shape index (κ3) is 6.81. The second-order valence-corrected chi connectivity index (χ2v) is 8.82. The molecular weight excluding hydrogens is 436 g/mol. The number of nitrogens with zero attached hydrogens (tertiary/aromatic N) is 2. The van der Waals surface area contributed by atoms with Crippen LogP contribution in [0.3, 0.4) is 0 Å². The number of aliphatic hydroxyl groups excluding tert-OH is 1. The molecule has 0 saturated heterocycles. The number of ether oxygens (including phenoxy) is 1. The molecule has 33 heavy (non-hydrogen) atoms. The predicted molar refractivity (Wildman–Crippen MR) is 132 cm³/mol. The first kappa shape index (κ1) is 23.3. The summed E-state index contributed by atoms with van der Waals surface area (Å²) in [6.45, 7) is 4.06. The fourth-order valence-electron chi connectivity index (χ4n) is 3.93. The average molecular weight is 465 g/mol. The van der Waals surface area contributed by atoms with Gasteiger partial charge in [-0.3, -0.25) is 4.90 Å². The van der Waals surface area contributed by atoms with E-state index in [9.17, 15) is 5.11 Å². The summed E-state index contributed by atoms with van der Waals surface area (Å²) in [6, 6.07) is 25.7. The Morgan fingerprint density at radius 3 is 2.55 bits per heavy atom. The van der Waals surface area contributed by atoms with E-state index in [-0.39, 0.29) is 12.7 Å². The summed E-state index contributed by atoms with van der Waals surface area (Å²) >= 11 is 6.00. The van der Waals surface area contributed by atoms with Crippen LogP contribution in [0.1, 0.15) is 23.1 Å². The van der Waals surface area contributed by atoms with Gasteiger partial charge in [-0.1, -0.05) is 77.4 Å². The number of hydrogen-bond acceptors (Lipinski definition) is 5. The SMILES string of the molecule is Cc1ccccc1OC[C@H](O)CN(Cc1ccccc1)C[C@@H]1CC(c2ccc(Cl)cc2)=NO1. The van der Waals surface area contributed by atoms with Gasteiger partial charge < -0.3 is 14.7 Å². The fourth-order valence-corrected chi connectivity index (χ4v) is 4.05. The van der Waals surface area contributed by atoms with E-state index in [1.54, 1.807) is 0 Å². The number of halogens is 1. The van der Waals surface area contributed by atoms with Crippen LogP contribution < -0.4 is 4.74 Å². The summed E-state index contributed by atoms with van der Waals surface area (Å²) in [5.41, 5.74) is 4.17. The molecule has 1 aliphatic heterocycles. The highest BCUT2D eigenvalue weighted by Crippen LogP contribution is 2.21. The van der Waals surface area contributed by atoms with Crippen molar-refractivity contribution in [2.45, 2.75) is 32.1 Å². The molecule has 3 aromatic carbocycles. The highest BCUT2D eigenvalue weighted by molar-refractivity contribution is 6.30. The van der Waals surface area contributed by atoms with E-state index in [0.29, 0.717) is 31.1 Å². The summed E-state index contributed by atoms with van der Waals surface area (Å²) in [7, 11) is 0. The lowest BCUT2D eigenvalue weighted by Crippen LogP contribution is -2.39. The largest absolute Gasteiger partial charge is 0.491 e. The molecule has 172 valence electrons. The number of oxime groups is 1. The highest BCUT2D eigenvalue weighted by atomic mass is 35.5. The van der Waals surface area contributed by atoms with Crippen molar-refractivity contribution in [3.63, 3.8) is 0 Å². The molecule has 3 aromatic rings. The Balaban J connectivity index is 1.36. The third-order valence-corrected chi connectivity index (χ3v) is 5.87. The maximum absolute atomic E-state index is 10.7. The van der Waals surface area contributed by atoms with Gasteiger partial charge in [0.1, 0.15) is 24.6 Å². The van der Waals surface area contributed by atoms with Gasteiger partial charge in [0.05, 0.1) is 5.71 Å². The fraction of sp³-hybridized carbons (Fsp3) is 0.296. The molecule has 1 aliphatic rings. The van der Waals surface area contributed by atoms with Crippen LogP contribution in [0.25, 0.3) is 0 Å². The van der Waals surface area contributed by atoms with Crippen LogP contribution in [0.4, 0.5) is 0 Å². The van der Waals surface area contributed by atoms with E-state index in [1.807, 2.05) is 73.7 Å². The maximum Gasteiger partial charge on any atom is 0.145 e. The molecule has 0 radical (unpaired) electrons. The second-order valence-electron chi connectivity index (χ2n) is 8.39. The van der Waals surface area contributed by atoms with Gasteiger partial charge in [-0.25, -0.2) is 0 Å². The molecule has 5 nitrogen and oxygen atoms in total. The lowest BCUT2D eigenvalue weighted by atomic mass is 10.0. The van der Waals surface area contributed by atoms with Gasteiger partial charge in [0, 0.05) is 31.1 Å². The summed E-state index contributed by atoms with van der Waals surface area (Å²) < 4.78 is 5.86. The van der Waals surface area contributed by atoms with Crippen LogP contribution in [-0.2, 0) is 11.4 Å². The Labute approximate surface area is 200 Å². The van der Waals surface area contributed by atoms with Crippen LogP contribution >= 0.6 is 11.6 Å². The van der Waals surface area contributed by atoms with E-state index in [2.05, 4.69) is 22.2 Å². The quantitative estimate of drug-likeness (QED) is 0.454. The minimum absolute atomic E-state index is 0.0797. The normalized spacial score (nSPS) is 16.4. The topological polar surface area (TPSA) is 54.3 Å². The second kappa shape index (κ2) is 11.3. The highest BCUT2D eigenvalue weighted by Gasteiger charge is 2.26. The number of hydrogen-bond donors (Lipinski definition) is 1. The zero-order valence-electron chi connectivity index (χ0n) is 18.7. The first-order valence-corrected chi connectivity index (χ1v) is 11.6. The molecule has 6 heteroatoms. The van der Waals surface area contributed by atoms with Crippen LogP contribution in [0, 0.1) is 6.92 Å². The summed E-state index contributed by atoms with van der Waals surface area (Å²) in [5, 5.41) is 15.7. The molecular formula is C27H29ClN2O3. The Kier molecular flexibility index (Phi) is 8.00. The molecule has 0 unspecified atom stereocenters.